The smallest absolute Gasteiger partial charge is 0.0948 e. The van der Waals surface area contributed by atoms with E-state index >= 15 is 0 Å². The highest BCUT2D eigenvalue weighted by Gasteiger charge is 2.13. The van der Waals surface area contributed by atoms with Crippen LogP contribution in [0.25, 0.3) is 0 Å². The van der Waals surface area contributed by atoms with Crippen molar-refractivity contribution < 1.29 is 5.11 Å². The van der Waals surface area contributed by atoms with E-state index < -0.39 is 0 Å². The first-order valence-corrected chi connectivity index (χ1v) is 4.57. The second kappa shape index (κ2) is 3.85. The maximum absolute atomic E-state index is 9.62. The molecule has 1 heterocycles. The van der Waals surface area contributed by atoms with Gasteiger partial charge in [0.15, 0.2) is 0 Å². The topological polar surface area (TPSA) is 32.3 Å². The average molecular weight is 171 g/mol. The summed E-state index contributed by atoms with van der Waals surface area (Å²) in [6, 6.07) is 2.06. The summed E-state index contributed by atoms with van der Waals surface area (Å²) < 4.78 is 0. The lowest BCUT2D eigenvalue weighted by Crippen LogP contribution is -2.28. The van der Waals surface area contributed by atoms with Gasteiger partial charge in [-0.05, 0) is 36.4 Å². The first kappa shape index (κ1) is 8.71. The lowest BCUT2D eigenvalue weighted by molar-refractivity contribution is 0.140. The molecule has 0 spiro atoms. The Labute approximate surface area is 70.9 Å². The lowest BCUT2D eigenvalue weighted by atomic mass is 10.1. The fourth-order valence-electron chi connectivity index (χ4n) is 0.890. The molecule has 2 atom stereocenters. The molecule has 2 nitrogen and oxygen atoms in total. The summed E-state index contributed by atoms with van der Waals surface area (Å²) in [5.41, 5.74) is 0.997. The van der Waals surface area contributed by atoms with E-state index in [1.54, 1.807) is 11.3 Å². The predicted octanol–water partition coefficient (Wildman–Crippen LogP) is 1.39. The van der Waals surface area contributed by atoms with E-state index in [0.29, 0.717) is 0 Å². The minimum Gasteiger partial charge on any atom is -0.387 e. The van der Waals surface area contributed by atoms with Crippen LogP contribution in [0.1, 0.15) is 18.6 Å². The van der Waals surface area contributed by atoms with E-state index in [1.165, 1.54) is 0 Å². The van der Waals surface area contributed by atoms with Crippen molar-refractivity contribution >= 4 is 11.3 Å². The summed E-state index contributed by atoms with van der Waals surface area (Å²) in [6.45, 7) is 1.96. The molecule has 0 saturated heterocycles. The van der Waals surface area contributed by atoms with E-state index in [9.17, 15) is 5.11 Å². The Kier molecular flexibility index (Phi) is 3.05. The Bertz CT molecular complexity index is 198. The largest absolute Gasteiger partial charge is 0.387 e. The molecule has 0 bridgehead atoms. The number of hydrogen-bond donors (Lipinski definition) is 2. The molecular formula is C8H13NOS. The number of aliphatic hydroxyl groups excluding tert-OH is 1. The van der Waals surface area contributed by atoms with Crippen molar-refractivity contribution in [2.24, 2.45) is 0 Å². The van der Waals surface area contributed by atoms with Gasteiger partial charge < -0.3 is 10.4 Å². The lowest BCUT2D eigenvalue weighted by Gasteiger charge is -2.16. The molecule has 0 aliphatic rings. The monoisotopic (exact) mass is 171 g/mol. The molecule has 1 aromatic heterocycles. The first-order chi connectivity index (χ1) is 5.25. The molecule has 0 aliphatic heterocycles. The van der Waals surface area contributed by atoms with Gasteiger partial charge in [0.05, 0.1) is 6.10 Å². The highest BCUT2D eigenvalue weighted by molar-refractivity contribution is 7.07. The van der Waals surface area contributed by atoms with Crippen molar-refractivity contribution in [2.45, 2.75) is 19.1 Å². The summed E-state index contributed by atoms with van der Waals surface area (Å²) in [6.07, 6.45) is -0.383. The molecule has 0 aromatic carbocycles. The number of aliphatic hydroxyl groups is 1. The van der Waals surface area contributed by atoms with Gasteiger partial charge in [-0.2, -0.15) is 11.3 Å². The molecule has 62 valence electrons. The van der Waals surface area contributed by atoms with Gasteiger partial charge in [-0.15, -0.1) is 0 Å². The number of rotatable bonds is 3. The zero-order valence-electron chi connectivity index (χ0n) is 6.74. The van der Waals surface area contributed by atoms with E-state index in [1.807, 2.05) is 30.8 Å². The second-order valence-electron chi connectivity index (χ2n) is 2.58. The van der Waals surface area contributed by atoms with Crippen molar-refractivity contribution in [1.82, 2.24) is 5.32 Å². The highest BCUT2D eigenvalue weighted by atomic mass is 32.1. The molecule has 2 N–H and O–H groups in total. The Morgan fingerprint density at radius 1 is 1.64 bits per heavy atom. The SMILES string of the molecule is CN[C@H](C)[C@H](O)c1ccsc1. The van der Waals surface area contributed by atoms with Crippen molar-refractivity contribution in [3.63, 3.8) is 0 Å². The predicted molar refractivity (Wildman–Crippen MR) is 47.8 cm³/mol. The molecule has 0 amide bonds. The normalized spacial score (nSPS) is 16.3. The number of thiophene rings is 1. The molecule has 3 heteroatoms. The summed E-state index contributed by atoms with van der Waals surface area (Å²) in [4.78, 5) is 0. The van der Waals surface area contributed by atoms with Gasteiger partial charge in [0.25, 0.3) is 0 Å². The Morgan fingerprint density at radius 2 is 2.36 bits per heavy atom. The van der Waals surface area contributed by atoms with Gasteiger partial charge in [-0.3, -0.25) is 0 Å². The van der Waals surface area contributed by atoms with Gasteiger partial charge in [-0.1, -0.05) is 0 Å². The van der Waals surface area contributed by atoms with Crippen LogP contribution in [0.4, 0.5) is 0 Å². The molecule has 1 aromatic rings. The first-order valence-electron chi connectivity index (χ1n) is 3.63. The van der Waals surface area contributed by atoms with Crippen molar-refractivity contribution in [3.05, 3.63) is 22.4 Å². The van der Waals surface area contributed by atoms with Crippen LogP contribution in [0.3, 0.4) is 0 Å². The minimum atomic E-state index is -0.383. The molecule has 1 rings (SSSR count). The molecule has 0 fully saturated rings. The van der Waals surface area contributed by atoms with Crippen LogP contribution < -0.4 is 5.32 Å². The third-order valence-electron chi connectivity index (χ3n) is 1.81. The van der Waals surface area contributed by atoms with Gasteiger partial charge in [0.2, 0.25) is 0 Å². The van der Waals surface area contributed by atoms with Crippen molar-refractivity contribution in [3.8, 4) is 0 Å². The van der Waals surface area contributed by atoms with E-state index in [4.69, 9.17) is 0 Å². The van der Waals surface area contributed by atoms with Crippen LogP contribution in [0, 0.1) is 0 Å². The van der Waals surface area contributed by atoms with Crippen LogP contribution >= 0.6 is 11.3 Å². The fraction of sp³-hybridized carbons (Fsp3) is 0.500. The van der Waals surface area contributed by atoms with Crippen molar-refractivity contribution in [1.29, 1.82) is 0 Å². The van der Waals surface area contributed by atoms with Crippen LogP contribution in [-0.4, -0.2) is 18.2 Å². The van der Waals surface area contributed by atoms with E-state index in [2.05, 4.69) is 5.32 Å². The summed E-state index contributed by atoms with van der Waals surface area (Å²) in [5, 5.41) is 16.6. The fourth-order valence-corrected chi connectivity index (χ4v) is 1.58. The average Bonchev–Trinajstić information content (AvgIpc) is 2.53. The van der Waals surface area contributed by atoms with Gasteiger partial charge >= 0.3 is 0 Å². The molecule has 0 unspecified atom stereocenters. The number of nitrogens with one attached hydrogen (secondary N) is 1. The summed E-state index contributed by atoms with van der Waals surface area (Å²) in [7, 11) is 1.85. The van der Waals surface area contributed by atoms with Gasteiger partial charge in [0, 0.05) is 6.04 Å². The number of likely N-dealkylation sites (N-methyl/N-ethyl adjacent to an activating group) is 1. The molecule has 0 aliphatic carbocycles. The Hall–Kier alpha value is -0.380. The van der Waals surface area contributed by atoms with Gasteiger partial charge in [-0.25, -0.2) is 0 Å². The highest BCUT2D eigenvalue weighted by Crippen LogP contribution is 2.18. The standard InChI is InChI=1S/C8H13NOS/c1-6(9-2)8(10)7-3-4-11-5-7/h3-6,8-10H,1-2H3/t6-,8+/m1/s1. The molecule has 11 heavy (non-hydrogen) atoms. The minimum absolute atomic E-state index is 0.115. The van der Waals surface area contributed by atoms with Crippen molar-refractivity contribution in [2.75, 3.05) is 7.05 Å². The summed E-state index contributed by atoms with van der Waals surface area (Å²) >= 11 is 1.61. The summed E-state index contributed by atoms with van der Waals surface area (Å²) in [5.74, 6) is 0. The van der Waals surface area contributed by atoms with Crippen LogP contribution in [0.15, 0.2) is 16.8 Å². The maximum Gasteiger partial charge on any atom is 0.0948 e. The van der Waals surface area contributed by atoms with Crippen LogP contribution in [0.5, 0.6) is 0 Å². The zero-order valence-corrected chi connectivity index (χ0v) is 7.56. The quantitative estimate of drug-likeness (QED) is 0.720. The van der Waals surface area contributed by atoms with Crippen LogP contribution in [0.2, 0.25) is 0 Å². The zero-order chi connectivity index (χ0) is 8.27. The molecular weight excluding hydrogens is 158 g/mol. The third kappa shape index (κ3) is 2.02. The van der Waals surface area contributed by atoms with Crippen LogP contribution in [-0.2, 0) is 0 Å². The van der Waals surface area contributed by atoms with E-state index in [0.717, 1.165) is 5.56 Å². The van der Waals surface area contributed by atoms with E-state index in [-0.39, 0.29) is 12.1 Å². The molecule has 0 saturated carbocycles. The van der Waals surface area contributed by atoms with Gasteiger partial charge in [0.1, 0.15) is 0 Å². The Balaban J connectivity index is 2.62. The third-order valence-corrected chi connectivity index (χ3v) is 2.52. The second-order valence-corrected chi connectivity index (χ2v) is 3.36. The maximum atomic E-state index is 9.62. The number of hydrogen-bond acceptors (Lipinski definition) is 3. The Morgan fingerprint density at radius 3 is 2.82 bits per heavy atom. The molecule has 0 radical (unpaired) electrons.